The summed E-state index contributed by atoms with van der Waals surface area (Å²) < 4.78 is 5.05. The molecule has 0 aliphatic carbocycles. The number of nitro groups is 1. The molecule has 136 valence electrons. The normalized spacial score (nSPS) is 14.2. The van der Waals surface area contributed by atoms with Crippen molar-refractivity contribution >= 4 is 34.6 Å². The molecule has 1 saturated heterocycles. The molecule has 0 N–H and O–H groups in total. The van der Waals surface area contributed by atoms with Crippen LogP contribution in [-0.2, 0) is 9.53 Å². The van der Waals surface area contributed by atoms with Crippen LogP contribution in [0.3, 0.4) is 0 Å². The molecule has 0 spiro atoms. The van der Waals surface area contributed by atoms with Crippen LogP contribution in [0.1, 0.15) is 10.4 Å². The molecule has 2 aromatic rings. The second-order valence-electron chi connectivity index (χ2n) is 5.73. The fourth-order valence-electron chi connectivity index (χ4n) is 2.68. The number of thiophene rings is 1. The fraction of sp³-hybridized carbons (Fsp3) is 0.294. The zero-order chi connectivity index (χ0) is 18.5. The highest BCUT2D eigenvalue weighted by molar-refractivity contribution is 7.08. The third kappa shape index (κ3) is 4.17. The van der Waals surface area contributed by atoms with Gasteiger partial charge in [-0.2, -0.15) is 11.3 Å². The molecule has 0 saturated carbocycles. The van der Waals surface area contributed by atoms with Crippen molar-refractivity contribution in [1.29, 1.82) is 0 Å². The number of rotatable bonds is 5. The lowest BCUT2D eigenvalue weighted by Gasteiger charge is -2.36. The standard InChI is InChI=1S/C17H17N3O5S/c21-16(11-25-17(22)13-5-10-26-12-13)19-8-6-18(7-9-19)14-1-3-15(4-2-14)20(23)24/h1-5,10,12H,6-9,11H2. The summed E-state index contributed by atoms with van der Waals surface area (Å²) in [6.45, 7) is 1.97. The number of nitro benzene ring substituents is 1. The number of non-ortho nitro benzene ring substituents is 1. The van der Waals surface area contributed by atoms with Crippen molar-refractivity contribution in [2.24, 2.45) is 0 Å². The average Bonchev–Trinajstić information content (AvgIpc) is 3.21. The lowest BCUT2D eigenvalue weighted by Crippen LogP contribution is -2.49. The van der Waals surface area contributed by atoms with Gasteiger partial charge in [0.1, 0.15) is 0 Å². The second-order valence-corrected chi connectivity index (χ2v) is 6.51. The second kappa shape index (κ2) is 7.96. The maximum atomic E-state index is 12.2. The van der Waals surface area contributed by atoms with Crippen molar-refractivity contribution in [3.63, 3.8) is 0 Å². The number of hydrogen-bond acceptors (Lipinski definition) is 7. The summed E-state index contributed by atoms with van der Waals surface area (Å²) in [5.41, 5.74) is 1.38. The quantitative estimate of drug-likeness (QED) is 0.452. The third-order valence-corrected chi connectivity index (χ3v) is 4.82. The highest BCUT2D eigenvalue weighted by atomic mass is 32.1. The number of hydrogen-bond donors (Lipinski definition) is 0. The van der Waals surface area contributed by atoms with E-state index in [9.17, 15) is 19.7 Å². The van der Waals surface area contributed by atoms with Gasteiger partial charge in [-0.1, -0.05) is 0 Å². The Labute approximate surface area is 153 Å². The van der Waals surface area contributed by atoms with Gasteiger partial charge in [0.15, 0.2) is 6.61 Å². The van der Waals surface area contributed by atoms with E-state index in [1.54, 1.807) is 33.9 Å². The highest BCUT2D eigenvalue weighted by Gasteiger charge is 2.22. The minimum Gasteiger partial charge on any atom is -0.452 e. The SMILES string of the molecule is O=C(OCC(=O)N1CCN(c2ccc([N+](=O)[O-])cc2)CC1)c1ccsc1. The summed E-state index contributed by atoms with van der Waals surface area (Å²) >= 11 is 1.39. The van der Waals surface area contributed by atoms with Gasteiger partial charge in [-0.15, -0.1) is 0 Å². The summed E-state index contributed by atoms with van der Waals surface area (Å²) in [7, 11) is 0. The van der Waals surface area contributed by atoms with Crippen LogP contribution in [0.25, 0.3) is 0 Å². The van der Waals surface area contributed by atoms with Crippen molar-refractivity contribution in [3.8, 4) is 0 Å². The lowest BCUT2D eigenvalue weighted by molar-refractivity contribution is -0.384. The molecule has 1 aliphatic heterocycles. The summed E-state index contributed by atoms with van der Waals surface area (Å²) in [5.74, 6) is -0.721. The maximum absolute atomic E-state index is 12.2. The molecule has 0 radical (unpaired) electrons. The van der Waals surface area contributed by atoms with E-state index in [-0.39, 0.29) is 18.2 Å². The summed E-state index contributed by atoms with van der Waals surface area (Å²) in [6, 6.07) is 8.00. The van der Waals surface area contributed by atoms with E-state index in [1.165, 1.54) is 23.5 Å². The van der Waals surface area contributed by atoms with Gasteiger partial charge in [0.25, 0.3) is 11.6 Å². The molecule has 0 atom stereocenters. The molecule has 8 nitrogen and oxygen atoms in total. The van der Waals surface area contributed by atoms with E-state index in [1.807, 2.05) is 0 Å². The molecule has 0 unspecified atom stereocenters. The predicted octanol–water partition coefficient (Wildman–Crippen LogP) is 2.16. The summed E-state index contributed by atoms with van der Waals surface area (Å²) in [5, 5.41) is 14.2. The van der Waals surface area contributed by atoms with Gasteiger partial charge in [-0.05, 0) is 23.6 Å². The first-order chi connectivity index (χ1) is 12.5. The van der Waals surface area contributed by atoms with E-state index >= 15 is 0 Å². The number of carbonyl (C=O) groups is 2. The molecule has 9 heteroatoms. The van der Waals surface area contributed by atoms with Gasteiger partial charge in [0.2, 0.25) is 0 Å². The Balaban J connectivity index is 1.47. The zero-order valence-electron chi connectivity index (χ0n) is 13.9. The molecule has 3 rings (SSSR count). The first-order valence-corrected chi connectivity index (χ1v) is 8.95. The van der Waals surface area contributed by atoms with Crippen LogP contribution in [0.15, 0.2) is 41.1 Å². The Morgan fingerprint density at radius 2 is 1.81 bits per heavy atom. The molecular weight excluding hydrogens is 358 g/mol. The number of esters is 1. The van der Waals surface area contributed by atoms with Crippen molar-refractivity contribution in [1.82, 2.24) is 4.90 Å². The number of amides is 1. The topological polar surface area (TPSA) is 93.0 Å². The number of benzene rings is 1. The average molecular weight is 375 g/mol. The van der Waals surface area contributed by atoms with Crippen molar-refractivity contribution in [2.75, 3.05) is 37.7 Å². The van der Waals surface area contributed by atoms with Crippen LogP contribution >= 0.6 is 11.3 Å². The maximum Gasteiger partial charge on any atom is 0.339 e. The summed E-state index contributed by atoms with van der Waals surface area (Å²) in [6.07, 6.45) is 0. The van der Waals surface area contributed by atoms with Gasteiger partial charge in [-0.25, -0.2) is 4.79 Å². The monoisotopic (exact) mass is 375 g/mol. The van der Waals surface area contributed by atoms with Crippen LogP contribution in [0.4, 0.5) is 11.4 Å². The molecule has 26 heavy (non-hydrogen) atoms. The Kier molecular flexibility index (Phi) is 5.47. The molecular formula is C17H17N3O5S. The number of nitrogens with zero attached hydrogens (tertiary/aromatic N) is 3. The van der Waals surface area contributed by atoms with E-state index in [0.717, 1.165) is 5.69 Å². The first-order valence-electron chi connectivity index (χ1n) is 8.01. The number of piperazine rings is 1. The van der Waals surface area contributed by atoms with Crippen LogP contribution in [0.5, 0.6) is 0 Å². The Bertz CT molecular complexity index is 783. The Morgan fingerprint density at radius 1 is 1.12 bits per heavy atom. The fourth-order valence-corrected chi connectivity index (χ4v) is 3.31. The van der Waals surface area contributed by atoms with Gasteiger partial charge in [0.05, 0.1) is 10.5 Å². The zero-order valence-corrected chi connectivity index (χ0v) is 14.7. The predicted molar refractivity (Wildman–Crippen MR) is 96.5 cm³/mol. The van der Waals surface area contributed by atoms with E-state index < -0.39 is 10.9 Å². The van der Waals surface area contributed by atoms with E-state index in [0.29, 0.717) is 31.7 Å². The van der Waals surface area contributed by atoms with Gasteiger partial charge in [0, 0.05) is 49.4 Å². The van der Waals surface area contributed by atoms with Gasteiger partial charge < -0.3 is 14.5 Å². The van der Waals surface area contributed by atoms with E-state index in [4.69, 9.17) is 4.74 Å². The van der Waals surface area contributed by atoms with Crippen molar-refractivity contribution < 1.29 is 19.2 Å². The Morgan fingerprint density at radius 3 is 2.38 bits per heavy atom. The first kappa shape index (κ1) is 17.9. The lowest BCUT2D eigenvalue weighted by atomic mass is 10.2. The molecule has 1 amide bonds. The van der Waals surface area contributed by atoms with Crippen LogP contribution in [0, 0.1) is 10.1 Å². The molecule has 1 aliphatic rings. The molecule has 0 bridgehead atoms. The van der Waals surface area contributed by atoms with Crippen LogP contribution < -0.4 is 4.90 Å². The molecule has 1 aromatic carbocycles. The van der Waals surface area contributed by atoms with E-state index in [2.05, 4.69) is 4.90 Å². The number of carbonyl (C=O) groups excluding carboxylic acids is 2. The number of ether oxygens (including phenoxy) is 1. The van der Waals surface area contributed by atoms with Crippen molar-refractivity contribution in [3.05, 3.63) is 56.8 Å². The smallest absolute Gasteiger partial charge is 0.339 e. The highest BCUT2D eigenvalue weighted by Crippen LogP contribution is 2.20. The van der Waals surface area contributed by atoms with Crippen LogP contribution in [-0.4, -0.2) is 54.5 Å². The van der Waals surface area contributed by atoms with Crippen molar-refractivity contribution in [2.45, 2.75) is 0 Å². The summed E-state index contributed by atoms with van der Waals surface area (Å²) in [4.78, 5) is 37.9. The largest absolute Gasteiger partial charge is 0.452 e. The van der Waals surface area contributed by atoms with Gasteiger partial charge in [-0.3, -0.25) is 14.9 Å². The Hall–Kier alpha value is -2.94. The minimum atomic E-state index is -0.496. The van der Waals surface area contributed by atoms with Crippen LogP contribution in [0.2, 0.25) is 0 Å². The number of anilines is 1. The molecule has 1 fully saturated rings. The molecule has 1 aromatic heterocycles. The molecule has 2 heterocycles. The third-order valence-electron chi connectivity index (χ3n) is 4.14. The minimum absolute atomic E-state index is 0.0509. The van der Waals surface area contributed by atoms with Gasteiger partial charge >= 0.3 is 5.97 Å².